The third kappa shape index (κ3) is 6.06. The Morgan fingerprint density at radius 1 is 1.08 bits per heavy atom. The van der Waals surface area contributed by atoms with Crippen molar-refractivity contribution in [1.29, 1.82) is 0 Å². The molecule has 138 valence electrons. The van der Waals surface area contributed by atoms with E-state index in [1.54, 1.807) is 37.4 Å². The first-order valence-electron chi connectivity index (χ1n) is 8.16. The first-order chi connectivity index (χ1) is 12.5. The first-order valence-corrected chi connectivity index (χ1v) is 8.54. The monoisotopic (exact) mass is 375 g/mol. The number of carbonyl (C=O) groups excluding carboxylic acids is 2. The van der Waals surface area contributed by atoms with Gasteiger partial charge in [0.1, 0.15) is 0 Å². The molecule has 0 spiro atoms. The number of aryl methyl sites for hydroxylation is 1. The number of rotatable bonds is 8. The van der Waals surface area contributed by atoms with E-state index in [0.717, 1.165) is 11.3 Å². The minimum atomic E-state index is -0.195. The lowest BCUT2D eigenvalue weighted by molar-refractivity contribution is -0.114. The van der Waals surface area contributed by atoms with Crippen molar-refractivity contribution >= 4 is 34.8 Å². The van der Waals surface area contributed by atoms with Gasteiger partial charge >= 0.3 is 0 Å². The van der Waals surface area contributed by atoms with Crippen LogP contribution in [0.2, 0.25) is 5.02 Å². The molecular weight excluding hydrogens is 354 g/mol. The fourth-order valence-corrected chi connectivity index (χ4v) is 2.34. The van der Waals surface area contributed by atoms with Gasteiger partial charge in [0.15, 0.2) is 0 Å². The Kier molecular flexibility index (Phi) is 7.44. The fourth-order valence-electron chi connectivity index (χ4n) is 2.16. The van der Waals surface area contributed by atoms with E-state index in [-0.39, 0.29) is 18.4 Å². The maximum atomic E-state index is 12.0. The fraction of sp³-hybridized carbons (Fsp3) is 0.263. The largest absolute Gasteiger partial charge is 0.383 e. The van der Waals surface area contributed by atoms with Crippen LogP contribution >= 0.6 is 11.6 Å². The molecule has 0 saturated carbocycles. The van der Waals surface area contributed by atoms with Crippen LogP contribution < -0.4 is 16.0 Å². The second kappa shape index (κ2) is 9.79. The van der Waals surface area contributed by atoms with Gasteiger partial charge in [-0.05, 0) is 48.9 Å². The summed E-state index contributed by atoms with van der Waals surface area (Å²) >= 11 is 6.06. The van der Waals surface area contributed by atoms with Gasteiger partial charge in [0.2, 0.25) is 5.91 Å². The number of methoxy groups -OCH3 is 1. The Bertz CT molecular complexity index is 763. The number of nitrogens with one attached hydrogen (secondary N) is 3. The van der Waals surface area contributed by atoms with Gasteiger partial charge in [-0.2, -0.15) is 0 Å². The number of amides is 2. The molecule has 0 atom stereocenters. The second-order valence-corrected chi connectivity index (χ2v) is 6.10. The highest BCUT2D eigenvalue weighted by Gasteiger charge is 2.07. The first kappa shape index (κ1) is 19.8. The summed E-state index contributed by atoms with van der Waals surface area (Å²) in [5.41, 5.74) is 2.89. The van der Waals surface area contributed by atoms with Crippen LogP contribution in [0.25, 0.3) is 0 Å². The van der Waals surface area contributed by atoms with Crippen LogP contribution in [0.15, 0.2) is 42.5 Å². The van der Waals surface area contributed by atoms with Gasteiger partial charge in [-0.25, -0.2) is 0 Å². The quantitative estimate of drug-likeness (QED) is 0.619. The van der Waals surface area contributed by atoms with Crippen LogP contribution in [0.3, 0.4) is 0 Å². The minimum Gasteiger partial charge on any atom is -0.383 e. The standard InChI is InChI=1S/C19H22ClN3O3/c1-13-3-6-16(11-17(13)20)22-12-18(24)23-15-7-4-14(5-8-15)19(25)21-9-10-26-2/h3-8,11,22H,9-10,12H2,1-2H3,(H,21,25)(H,23,24). The molecule has 0 aliphatic carbocycles. The zero-order chi connectivity index (χ0) is 18.9. The number of hydrogen-bond donors (Lipinski definition) is 3. The lowest BCUT2D eigenvalue weighted by atomic mass is 10.2. The number of carbonyl (C=O) groups is 2. The molecule has 0 bridgehead atoms. The van der Waals surface area contributed by atoms with Crippen molar-refractivity contribution in [2.45, 2.75) is 6.92 Å². The van der Waals surface area contributed by atoms with Gasteiger partial charge in [-0.3, -0.25) is 9.59 Å². The maximum absolute atomic E-state index is 12.0. The smallest absolute Gasteiger partial charge is 0.251 e. The van der Waals surface area contributed by atoms with Crippen molar-refractivity contribution in [3.63, 3.8) is 0 Å². The normalized spacial score (nSPS) is 10.3. The van der Waals surface area contributed by atoms with Crippen LogP contribution in [0.4, 0.5) is 11.4 Å². The van der Waals surface area contributed by atoms with E-state index < -0.39 is 0 Å². The Balaban J connectivity index is 1.83. The maximum Gasteiger partial charge on any atom is 0.251 e. The summed E-state index contributed by atoms with van der Waals surface area (Å²) in [5, 5.41) is 9.17. The van der Waals surface area contributed by atoms with E-state index >= 15 is 0 Å². The third-order valence-corrected chi connectivity index (χ3v) is 4.05. The van der Waals surface area contributed by atoms with E-state index in [9.17, 15) is 9.59 Å². The van der Waals surface area contributed by atoms with Crippen LogP contribution in [0, 0.1) is 6.92 Å². The average molecular weight is 376 g/mol. The average Bonchev–Trinajstić information content (AvgIpc) is 2.63. The Morgan fingerprint density at radius 2 is 1.77 bits per heavy atom. The predicted octanol–water partition coefficient (Wildman–Crippen LogP) is 3.08. The SMILES string of the molecule is COCCNC(=O)c1ccc(NC(=O)CNc2ccc(C)c(Cl)c2)cc1. The summed E-state index contributed by atoms with van der Waals surface area (Å²) in [7, 11) is 1.58. The summed E-state index contributed by atoms with van der Waals surface area (Å²) < 4.78 is 4.88. The summed E-state index contributed by atoms with van der Waals surface area (Å²) in [6, 6.07) is 12.2. The molecule has 0 heterocycles. The summed E-state index contributed by atoms with van der Waals surface area (Å²) in [4.78, 5) is 23.9. The van der Waals surface area contributed by atoms with Crippen LogP contribution in [-0.4, -0.2) is 38.6 Å². The number of hydrogen-bond acceptors (Lipinski definition) is 4. The second-order valence-electron chi connectivity index (χ2n) is 5.69. The minimum absolute atomic E-state index is 0.110. The van der Waals surface area contributed by atoms with E-state index in [4.69, 9.17) is 16.3 Å². The third-order valence-electron chi connectivity index (χ3n) is 3.65. The highest BCUT2D eigenvalue weighted by Crippen LogP contribution is 2.19. The molecule has 2 amide bonds. The van der Waals surface area contributed by atoms with Gasteiger partial charge in [0, 0.05) is 35.6 Å². The van der Waals surface area contributed by atoms with Crippen molar-refractivity contribution < 1.29 is 14.3 Å². The van der Waals surface area contributed by atoms with Gasteiger partial charge in [0.05, 0.1) is 13.2 Å². The molecule has 0 fully saturated rings. The molecule has 3 N–H and O–H groups in total. The van der Waals surface area contributed by atoms with Crippen LogP contribution in [0.5, 0.6) is 0 Å². The molecule has 2 aromatic carbocycles. The predicted molar refractivity (Wildman–Crippen MR) is 104 cm³/mol. The topological polar surface area (TPSA) is 79.5 Å². The zero-order valence-corrected chi connectivity index (χ0v) is 15.5. The molecule has 0 saturated heterocycles. The van der Waals surface area contributed by atoms with E-state index in [2.05, 4.69) is 16.0 Å². The number of ether oxygens (including phenoxy) is 1. The Hall–Kier alpha value is -2.57. The summed E-state index contributed by atoms with van der Waals surface area (Å²) in [5.74, 6) is -0.378. The highest BCUT2D eigenvalue weighted by atomic mass is 35.5. The summed E-state index contributed by atoms with van der Waals surface area (Å²) in [6.45, 7) is 2.93. The summed E-state index contributed by atoms with van der Waals surface area (Å²) in [6.07, 6.45) is 0. The van der Waals surface area contributed by atoms with Crippen molar-refractivity contribution in [1.82, 2.24) is 5.32 Å². The van der Waals surface area contributed by atoms with E-state index in [0.29, 0.717) is 29.4 Å². The van der Waals surface area contributed by atoms with Gasteiger partial charge in [-0.1, -0.05) is 17.7 Å². The molecule has 7 heteroatoms. The molecule has 0 unspecified atom stereocenters. The molecule has 0 radical (unpaired) electrons. The highest BCUT2D eigenvalue weighted by molar-refractivity contribution is 6.31. The molecule has 6 nitrogen and oxygen atoms in total. The number of benzene rings is 2. The lowest BCUT2D eigenvalue weighted by Crippen LogP contribution is -2.27. The number of halogens is 1. The number of anilines is 2. The van der Waals surface area contributed by atoms with Crippen molar-refractivity contribution in [2.75, 3.05) is 37.4 Å². The van der Waals surface area contributed by atoms with Crippen molar-refractivity contribution in [3.05, 3.63) is 58.6 Å². The Labute approximate surface area is 157 Å². The van der Waals surface area contributed by atoms with Crippen LogP contribution in [0.1, 0.15) is 15.9 Å². The van der Waals surface area contributed by atoms with Crippen molar-refractivity contribution in [3.8, 4) is 0 Å². The van der Waals surface area contributed by atoms with Gasteiger partial charge in [-0.15, -0.1) is 0 Å². The van der Waals surface area contributed by atoms with Gasteiger partial charge in [0.25, 0.3) is 5.91 Å². The molecule has 0 aliphatic heterocycles. The van der Waals surface area contributed by atoms with Crippen LogP contribution in [-0.2, 0) is 9.53 Å². The molecule has 0 aromatic heterocycles. The molecule has 2 aromatic rings. The van der Waals surface area contributed by atoms with Gasteiger partial charge < -0.3 is 20.7 Å². The zero-order valence-electron chi connectivity index (χ0n) is 14.8. The molecule has 26 heavy (non-hydrogen) atoms. The molecule has 2 rings (SSSR count). The molecule has 0 aliphatic rings. The molecular formula is C19H22ClN3O3. The Morgan fingerprint density at radius 3 is 2.42 bits per heavy atom. The van der Waals surface area contributed by atoms with E-state index in [1.807, 2.05) is 19.1 Å². The van der Waals surface area contributed by atoms with Crippen molar-refractivity contribution in [2.24, 2.45) is 0 Å². The lowest BCUT2D eigenvalue weighted by Gasteiger charge is -2.10. The van der Waals surface area contributed by atoms with E-state index in [1.165, 1.54) is 0 Å².